The van der Waals surface area contributed by atoms with Crippen LogP contribution in [0.3, 0.4) is 0 Å². The minimum Gasteiger partial charge on any atom is -0.392 e. The van der Waals surface area contributed by atoms with Gasteiger partial charge in [-0.2, -0.15) is 0 Å². The highest BCUT2D eigenvalue weighted by molar-refractivity contribution is 5.45. The number of nitrogens with two attached hydrogens (primary N) is 1. The van der Waals surface area contributed by atoms with E-state index in [2.05, 4.69) is 5.32 Å². The van der Waals surface area contributed by atoms with Gasteiger partial charge in [-0.1, -0.05) is 12.1 Å². The monoisotopic (exact) mass is 220 g/mol. The molecule has 1 fully saturated rings. The Morgan fingerprint density at radius 1 is 1.25 bits per heavy atom. The van der Waals surface area contributed by atoms with Gasteiger partial charge in [-0.25, -0.2) is 0 Å². The second-order valence-corrected chi connectivity index (χ2v) is 4.62. The zero-order valence-corrected chi connectivity index (χ0v) is 9.52. The number of nitrogens with one attached hydrogen (secondary N) is 1. The number of rotatable bonds is 3. The van der Waals surface area contributed by atoms with Crippen LogP contribution < -0.4 is 11.1 Å². The first-order valence-electron chi connectivity index (χ1n) is 6.00. The molecule has 3 heteroatoms. The van der Waals surface area contributed by atoms with Crippen molar-refractivity contribution in [2.45, 2.75) is 44.4 Å². The van der Waals surface area contributed by atoms with Gasteiger partial charge in [0.1, 0.15) is 0 Å². The smallest absolute Gasteiger partial charge is 0.0681 e. The minimum absolute atomic E-state index is 0.106. The number of hydrogen-bond donors (Lipinski definition) is 3. The number of benzene rings is 1. The van der Waals surface area contributed by atoms with Crippen molar-refractivity contribution in [2.24, 2.45) is 5.73 Å². The molecule has 88 valence electrons. The van der Waals surface area contributed by atoms with E-state index in [4.69, 9.17) is 10.8 Å². The van der Waals surface area contributed by atoms with Gasteiger partial charge in [-0.15, -0.1) is 0 Å². The van der Waals surface area contributed by atoms with Crippen molar-refractivity contribution >= 4 is 5.69 Å². The van der Waals surface area contributed by atoms with E-state index in [9.17, 15) is 0 Å². The van der Waals surface area contributed by atoms with Crippen molar-refractivity contribution in [3.63, 3.8) is 0 Å². The van der Waals surface area contributed by atoms with Crippen LogP contribution in [0.15, 0.2) is 24.3 Å². The molecule has 0 radical (unpaired) electrons. The molecule has 2 rings (SSSR count). The number of aliphatic hydroxyl groups is 1. The summed E-state index contributed by atoms with van der Waals surface area (Å²) in [5.74, 6) is 0. The maximum atomic E-state index is 8.95. The molecule has 0 aliphatic heterocycles. The lowest BCUT2D eigenvalue weighted by Gasteiger charge is -2.28. The van der Waals surface area contributed by atoms with Crippen molar-refractivity contribution < 1.29 is 5.11 Å². The molecule has 2 atom stereocenters. The van der Waals surface area contributed by atoms with Crippen LogP contribution in [0.2, 0.25) is 0 Å². The Balaban J connectivity index is 1.92. The average Bonchev–Trinajstić information content (AvgIpc) is 2.30. The molecule has 1 aromatic carbocycles. The van der Waals surface area contributed by atoms with Gasteiger partial charge in [0, 0.05) is 17.8 Å². The second-order valence-electron chi connectivity index (χ2n) is 4.62. The molecule has 0 saturated heterocycles. The number of hydrogen-bond acceptors (Lipinski definition) is 3. The summed E-state index contributed by atoms with van der Waals surface area (Å²) in [6.45, 7) is 0.106. The van der Waals surface area contributed by atoms with Gasteiger partial charge in [-0.05, 0) is 43.4 Å². The van der Waals surface area contributed by atoms with Gasteiger partial charge < -0.3 is 16.2 Å². The van der Waals surface area contributed by atoms with E-state index in [-0.39, 0.29) is 6.61 Å². The van der Waals surface area contributed by atoms with E-state index in [0.717, 1.165) is 24.1 Å². The van der Waals surface area contributed by atoms with E-state index in [1.807, 2.05) is 24.3 Å². The normalized spacial score (nSPS) is 25.4. The van der Waals surface area contributed by atoms with E-state index in [1.54, 1.807) is 0 Å². The SMILES string of the molecule is NC1CCCC(Nc2ccc(CO)cc2)C1. The fourth-order valence-electron chi connectivity index (χ4n) is 2.30. The Morgan fingerprint density at radius 2 is 2.00 bits per heavy atom. The average molecular weight is 220 g/mol. The molecule has 3 nitrogen and oxygen atoms in total. The molecule has 0 heterocycles. The fourth-order valence-corrected chi connectivity index (χ4v) is 2.30. The first kappa shape index (κ1) is 11.4. The fraction of sp³-hybridized carbons (Fsp3) is 0.538. The molecule has 1 aliphatic rings. The van der Waals surface area contributed by atoms with Crippen LogP contribution in [0.4, 0.5) is 5.69 Å². The molecule has 16 heavy (non-hydrogen) atoms. The summed E-state index contributed by atoms with van der Waals surface area (Å²) in [6.07, 6.45) is 4.63. The van der Waals surface area contributed by atoms with Crippen molar-refractivity contribution in [1.82, 2.24) is 0 Å². The summed E-state index contributed by atoms with van der Waals surface area (Å²) < 4.78 is 0. The molecule has 0 spiro atoms. The lowest BCUT2D eigenvalue weighted by atomic mass is 9.91. The maximum Gasteiger partial charge on any atom is 0.0681 e. The Labute approximate surface area is 96.7 Å². The molecule has 1 saturated carbocycles. The van der Waals surface area contributed by atoms with E-state index < -0.39 is 0 Å². The van der Waals surface area contributed by atoms with E-state index in [1.165, 1.54) is 12.8 Å². The standard InChI is InChI=1S/C13H20N2O/c14-11-2-1-3-13(8-11)15-12-6-4-10(9-16)5-7-12/h4-7,11,13,15-16H,1-3,8-9,14H2. The number of aliphatic hydroxyl groups excluding tert-OH is 1. The Morgan fingerprint density at radius 3 is 2.62 bits per heavy atom. The van der Waals surface area contributed by atoms with Gasteiger partial charge in [0.25, 0.3) is 0 Å². The largest absolute Gasteiger partial charge is 0.392 e. The van der Waals surface area contributed by atoms with E-state index in [0.29, 0.717) is 12.1 Å². The molecular formula is C13H20N2O. The quantitative estimate of drug-likeness (QED) is 0.728. The topological polar surface area (TPSA) is 58.3 Å². The van der Waals surface area contributed by atoms with Gasteiger partial charge in [0.2, 0.25) is 0 Å². The third-order valence-electron chi connectivity index (χ3n) is 3.22. The molecule has 2 unspecified atom stereocenters. The summed E-state index contributed by atoms with van der Waals surface area (Å²) in [5.41, 5.74) is 8.02. The van der Waals surface area contributed by atoms with Crippen LogP contribution in [-0.2, 0) is 6.61 Å². The van der Waals surface area contributed by atoms with Crippen LogP contribution >= 0.6 is 0 Å². The highest BCUT2D eigenvalue weighted by Crippen LogP contribution is 2.21. The molecule has 0 aromatic heterocycles. The highest BCUT2D eigenvalue weighted by Gasteiger charge is 2.18. The molecule has 1 aromatic rings. The Hall–Kier alpha value is -1.06. The highest BCUT2D eigenvalue weighted by atomic mass is 16.3. The van der Waals surface area contributed by atoms with Crippen molar-refractivity contribution in [2.75, 3.05) is 5.32 Å². The van der Waals surface area contributed by atoms with Crippen molar-refractivity contribution in [3.8, 4) is 0 Å². The van der Waals surface area contributed by atoms with Crippen LogP contribution in [0, 0.1) is 0 Å². The second kappa shape index (κ2) is 5.32. The zero-order valence-electron chi connectivity index (χ0n) is 9.52. The van der Waals surface area contributed by atoms with Gasteiger partial charge in [0.05, 0.1) is 6.61 Å². The summed E-state index contributed by atoms with van der Waals surface area (Å²) in [7, 11) is 0. The third kappa shape index (κ3) is 2.97. The van der Waals surface area contributed by atoms with Crippen molar-refractivity contribution in [1.29, 1.82) is 0 Å². The minimum atomic E-state index is 0.106. The lowest BCUT2D eigenvalue weighted by molar-refractivity contribution is 0.282. The molecule has 4 N–H and O–H groups in total. The van der Waals surface area contributed by atoms with Crippen LogP contribution in [0.25, 0.3) is 0 Å². The first-order valence-corrected chi connectivity index (χ1v) is 6.00. The first-order chi connectivity index (χ1) is 7.78. The molecule has 1 aliphatic carbocycles. The third-order valence-corrected chi connectivity index (χ3v) is 3.22. The summed E-state index contributed by atoms with van der Waals surface area (Å²) >= 11 is 0. The maximum absolute atomic E-state index is 8.95. The molecule has 0 amide bonds. The van der Waals surface area contributed by atoms with Gasteiger partial charge >= 0.3 is 0 Å². The van der Waals surface area contributed by atoms with Gasteiger partial charge in [-0.3, -0.25) is 0 Å². The summed E-state index contributed by atoms with van der Waals surface area (Å²) in [6, 6.07) is 8.79. The summed E-state index contributed by atoms with van der Waals surface area (Å²) in [4.78, 5) is 0. The van der Waals surface area contributed by atoms with Crippen LogP contribution in [0.1, 0.15) is 31.2 Å². The predicted octanol–water partition coefficient (Wildman–Crippen LogP) is 1.86. The van der Waals surface area contributed by atoms with Crippen molar-refractivity contribution in [3.05, 3.63) is 29.8 Å². The Kier molecular flexibility index (Phi) is 3.80. The Bertz CT molecular complexity index is 323. The van der Waals surface area contributed by atoms with Crippen LogP contribution in [-0.4, -0.2) is 17.2 Å². The molecular weight excluding hydrogens is 200 g/mol. The van der Waals surface area contributed by atoms with Crippen LogP contribution in [0.5, 0.6) is 0 Å². The predicted molar refractivity (Wildman–Crippen MR) is 66.2 cm³/mol. The zero-order chi connectivity index (χ0) is 11.4. The molecule has 0 bridgehead atoms. The van der Waals surface area contributed by atoms with Gasteiger partial charge in [0.15, 0.2) is 0 Å². The van der Waals surface area contributed by atoms with E-state index >= 15 is 0 Å². The lowest BCUT2D eigenvalue weighted by Crippen LogP contribution is -2.34. The number of anilines is 1. The summed E-state index contributed by atoms with van der Waals surface area (Å²) in [5, 5.41) is 12.4.